The first kappa shape index (κ1) is 9.92. The molecule has 2 N–H and O–H groups in total. The van der Waals surface area contributed by atoms with Gasteiger partial charge in [0, 0.05) is 6.61 Å². The first-order chi connectivity index (χ1) is 4.81. The van der Waals surface area contributed by atoms with E-state index in [9.17, 15) is 0 Å². The van der Waals surface area contributed by atoms with Crippen LogP contribution < -0.4 is 5.32 Å². The smallest absolute Gasteiger partial charge is 0.0456 e. The maximum atomic E-state index is 8.67. The molecule has 0 heterocycles. The fourth-order valence-electron chi connectivity index (χ4n) is 0.844. The van der Waals surface area contributed by atoms with Gasteiger partial charge in [-0.2, -0.15) is 0 Å². The van der Waals surface area contributed by atoms with Gasteiger partial charge in [-0.05, 0) is 31.8 Å². The lowest BCUT2D eigenvalue weighted by Gasteiger charge is -2.06. The van der Waals surface area contributed by atoms with Crippen LogP contribution in [0, 0.1) is 5.92 Å². The summed E-state index contributed by atoms with van der Waals surface area (Å²) in [6.45, 7) is 6.64. The Bertz CT molecular complexity index is 66.3. The fraction of sp³-hybridized carbons (Fsp3) is 1.00. The average molecular weight is 145 g/mol. The maximum absolute atomic E-state index is 8.67. The van der Waals surface area contributed by atoms with Crippen LogP contribution in [-0.4, -0.2) is 24.8 Å². The molecule has 0 amide bonds. The number of nitrogens with one attached hydrogen (secondary N) is 1. The Morgan fingerprint density at radius 1 is 1.50 bits per heavy atom. The van der Waals surface area contributed by atoms with Crippen LogP contribution in [0.25, 0.3) is 0 Å². The van der Waals surface area contributed by atoms with Crippen LogP contribution in [0.3, 0.4) is 0 Å². The van der Waals surface area contributed by atoms with E-state index in [1.54, 1.807) is 0 Å². The molecule has 2 nitrogen and oxygen atoms in total. The third kappa shape index (κ3) is 6.05. The molecular formula is C8H19NO. The van der Waals surface area contributed by atoms with Crippen molar-refractivity contribution >= 4 is 0 Å². The zero-order valence-corrected chi connectivity index (χ0v) is 7.06. The third-order valence-corrected chi connectivity index (χ3v) is 1.61. The first-order valence-corrected chi connectivity index (χ1v) is 4.12. The number of hydrogen-bond donors (Lipinski definition) is 2. The Morgan fingerprint density at radius 3 is 2.70 bits per heavy atom. The molecule has 0 aromatic carbocycles. The summed E-state index contributed by atoms with van der Waals surface area (Å²) in [6.07, 6.45) is 2.30. The van der Waals surface area contributed by atoms with Crippen molar-refractivity contribution in [3.8, 4) is 0 Å². The minimum Gasteiger partial charge on any atom is -0.396 e. The highest BCUT2D eigenvalue weighted by Crippen LogP contribution is 2.02. The van der Waals surface area contributed by atoms with Gasteiger partial charge in [-0.3, -0.25) is 0 Å². The molecule has 0 saturated heterocycles. The first-order valence-electron chi connectivity index (χ1n) is 4.12. The second-order valence-corrected chi connectivity index (χ2v) is 2.78. The van der Waals surface area contributed by atoms with Crippen molar-refractivity contribution in [2.45, 2.75) is 26.7 Å². The normalized spacial score (nSPS) is 13.5. The summed E-state index contributed by atoms with van der Waals surface area (Å²) >= 11 is 0. The van der Waals surface area contributed by atoms with Crippen LogP contribution in [-0.2, 0) is 0 Å². The highest BCUT2D eigenvalue weighted by atomic mass is 16.3. The highest BCUT2D eigenvalue weighted by molar-refractivity contribution is 4.52. The van der Waals surface area contributed by atoms with E-state index < -0.39 is 0 Å². The van der Waals surface area contributed by atoms with E-state index in [2.05, 4.69) is 19.2 Å². The summed E-state index contributed by atoms with van der Waals surface area (Å²) in [4.78, 5) is 0. The molecule has 62 valence electrons. The molecule has 0 aromatic rings. The summed E-state index contributed by atoms with van der Waals surface area (Å²) in [7, 11) is 0. The number of hydrogen-bond acceptors (Lipinski definition) is 2. The van der Waals surface area contributed by atoms with Gasteiger partial charge in [0.25, 0.3) is 0 Å². The van der Waals surface area contributed by atoms with Crippen molar-refractivity contribution in [3.63, 3.8) is 0 Å². The molecule has 0 aliphatic carbocycles. The van der Waals surface area contributed by atoms with E-state index in [-0.39, 0.29) is 0 Å². The van der Waals surface area contributed by atoms with Crippen molar-refractivity contribution in [1.29, 1.82) is 0 Å². The minimum absolute atomic E-state index is 0.326. The molecule has 0 aliphatic rings. The topological polar surface area (TPSA) is 32.3 Å². The monoisotopic (exact) mass is 145 g/mol. The van der Waals surface area contributed by atoms with Crippen molar-refractivity contribution in [1.82, 2.24) is 5.32 Å². The van der Waals surface area contributed by atoms with Crippen molar-refractivity contribution < 1.29 is 5.11 Å². The van der Waals surface area contributed by atoms with Gasteiger partial charge >= 0.3 is 0 Å². The zero-order chi connectivity index (χ0) is 7.82. The Labute approximate surface area is 63.6 Å². The van der Waals surface area contributed by atoms with Crippen LogP contribution in [0.1, 0.15) is 26.7 Å². The van der Waals surface area contributed by atoms with Crippen LogP contribution in [0.15, 0.2) is 0 Å². The van der Waals surface area contributed by atoms with Gasteiger partial charge in [0.2, 0.25) is 0 Å². The highest BCUT2D eigenvalue weighted by Gasteiger charge is 1.97. The van der Waals surface area contributed by atoms with E-state index in [1.165, 1.54) is 6.42 Å². The third-order valence-electron chi connectivity index (χ3n) is 1.61. The van der Waals surface area contributed by atoms with Gasteiger partial charge in [-0.25, -0.2) is 0 Å². The lowest BCUT2D eigenvalue weighted by Crippen LogP contribution is -2.15. The van der Waals surface area contributed by atoms with Gasteiger partial charge in [-0.15, -0.1) is 0 Å². The van der Waals surface area contributed by atoms with Crippen LogP contribution in [0.4, 0.5) is 0 Å². The summed E-state index contributed by atoms with van der Waals surface area (Å²) in [6, 6.07) is 0. The molecule has 2 heteroatoms. The Kier molecular flexibility index (Phi) is 6.98. The Balaban J connectivity index is 2.89. The van der Waals surface area contributed by atoms with Crippen molar-refractivity contribution in [3.05, 3.63) is 0 Å². The summed E-state index contributed by atoms with van der Waals surface area (Å²) in [5.41, 5.74) is 0. The SMILES string of the molecule is CCNCCCC(C)CO. The molecule has 0 saturated carbocycles. The van der Waals surface area contributed by atoms with Crippen molar-refractivity contribution in [2.24, 2.45) is 5.92 Å². The van der Waals surface area contributed by atoms with E-state index in [0.29, 0.717) is 12.5 Å². The van der Waals surface area contributed by atoms with E-state index in [4.69, 9.17) is 5.11 Å². The molecule has 0 bridgehead atoms. The molecule has 10 heavy (non-hydrogen) atoms. The van der Waals surface area contributed by atoms with Crippen LogP contribution >= 0.6 is 0 Å². The molecule has 0 fully saturated rings. The molecule has 0 rings (SSSR count). The van der Waals surface area contributed by atoms with Gasteiger partial charge < -0.3 is 10.4 Å². The van der Waals surface area contributed by atoms with Gasteiger partial charge in [0.1, 0.15) is 0 Å². The van der Waals surface area contributed by atoms with E-state index in [0.717, 1.165) is 19.5 Å². The predicted octanol–water partition coefficient (Wildman–Crippen LogP) is 1.00. The Morgan fingerprint density at radius 2 is 2.20 bits per heavy atom. The average Bonchev–Trinajstić information content (AvgIpc) is 1.98. The predicted molar refractivity (Wildman–Crippen MR) is 44.0 cm³/mol. The minimum atomic E-state index is 0.326. The second kappa shape index (κ2) is 7.03. The lowest BCUT2D eigenvalue weighted by atomic mass is 10.1. The summed E-state index contributed by atoms with van der Waals surface area (Å²) in [5.74, 6) is 0.471. The largest absolute Gasteiger partial charge is 0.396 e. The molecule has 0 aromatic heterocycles. The lowest BCUT2D eigenvalue weighted by molar-refractivity contribution is 0.228. The molecule has 0 aliphatic heterocycles. The number of rotatable bonds is 6. The summed E-state index contributed by atoms with van der Waals surface area (Å²) < 4.78 is 0. The van der Waals surface area contributed by atoms with Crippen LogP contribution in [0.2, 0.25) is 0 Å². The van der Waals surface area contributed by atoms with Gasteiger partial charge in [-0.1, -0.05) is 13.8 Å². The standard InChI is InChI=1S/C8H19NO/c1-3-9-6-4-5-8(2)7-10/h8-10H,3-7H2,1-2H3. The number of aliphatic hydroxyl groups excluding tert-OH is 1. The number of aliphatic hydroxyl groups is 1. The molecular weight excluding hydrogens is 126 g/mol. The second-order valence-electron chi connectivity index (χ2n) is 2.78. The van der Waals surface area contributed by atoms with E-state index >= 15 is 0 Å². The van der Waals surface area contributed by atoms with Crippen molar-refractivity contribution in [2.75, 3.05) is 19.7 Å². The summed E-state index contributed by atoms with van der Waals surface area (Å²) in [5, 5.41) is 11.9. The van der Waals surface area contributed by atoms with Crippen LogP contribution in [0.5, 0.6) is 0 Å². The fourth-order valence-corrected chi connectivity index (χ4v) is 0.844. The van der Waals surface area contributed by atoms with Gasteiger partial charge in [0.05, 0.1) is 0 Å². The molecule has 1 unspecified atom stereocenters. The van der Waals surface area contributed by atoms with E-state index in [1.807, 2.05) is 0 Å². The zero-order valence-electron chi connectivity index (χ0n) is 7.06. The molecule has 0 radical (unpaired) electrons. The molecule has 1 atom stereocenters. The Hall–Kier alpha value is -0.0800. The van der Waals surface area contributed by atoms with Gasteiger partial charge in [0.15, 0.2) is 0 Å². The quantitative estimate of drug-likeness (QED) is 0.547. The maximum Gasteiger partial charge on any atom is 0.0456 e. The molecule has 0 spiro atoms.